The van der Waals surface area contributed by atoms with Crippen LogP contribution in [0.2, 0.25) is 0 Å². The lowest BCUT2D eigenvalue weighted by Crippen LogP contribution is -2.41. The monoisotopic (exact) mass is 453 g/mol. The van der Waals surface area contributed by atoms with Gasteiger partial charge in [-0.1, -0.05) is 13.3 Å². The molecule has 6 heteroatoms. The molecule has 0 aliphatic heterocycles. The van der Waals surface area contributed by atoms with E-state index in [1.165, 1.54) is 17.7 Å². The number of Topliss-reactive ketones (excluding diaryl/α,β-unsaturated/α-hetero) is 1. The first-order chi connectivity index (χ1) is 15.5. The van der Waals surface area contributed by atoms with Crippen LogP contribution in [0.15, 0.2) is 9.59 Å². The Labute approximate surface area is 192 Å². The smallest absolute Gasteiger partial charge is 0.252 e. The predicted octanol–water partition coefficient (Wildman–Crippen LogP) is 3.31. The molecule has 1 N–H and O–H groups in total. The fourth-order valence-electron chi connectivity index (χ4n) is 5.14. The van der Waals surface area contributed by atoms with Gasteiger partial charge in [0.15, 0.2) is 0 Å². The number of rotatable bonds is 10. The Hall–Kier alpha value is -2.08. The van der Waals surface area contributed by atoms with Gasteiger partial charge in [-0.3, -0.25) is 19.2 Å². The summed E-state index contributed by atoms with van der Waals surface area (Å²) in [6.07, 6.45) is 9.46. The van der Waals surface area contributed by atoms with Crippen molar-refractivity contribution in [3.8, 4) is 0 Å². The molecule has 1 unspecified atom stereocenters. The van der Waals surface area contributed by atoms with Crippen molar-refractivity contribution in [2.24, 2.45) is 17.8 Å². The molecule has 0 saturated heterocycles. The second-order valence-electron chi connectivity index (χ2n) is 10.1. The zero-order chi connectivity index (χ0) is 22.4. The van der Waals surface area contributed by atoms with Gasteiger partial charge in [0.2, 0.25) is 10.9 Å². The quantitative estimate of drug-likeness (QED) is 0.560. The zero-order valence-electron chi connectivity index (χ0n) is 18.8. The Kier molecular flexibility index (Phi) is 5.91. The van der Waals surface area contributed by atoms with Gasteiger partial charge in [0.25, 0.3) is 5.91 Å². The predicted molar refractivity (Wildman–Crippen MR) is 125 cm³/mol. The van der Waals surface area contributed by atoms with Gasteiger partial charge in [-0.15, -0.1) is 11.3 Å². The van der Waals surface area contributed by atoms with Crippen LogP contribution in [0.25, 0.3) is 0 Å². The molecule has 0 radical (unpaired) electrons. The standard InChI is InChI=1S/C26H31NO4S/c1-2-3-17-18(25(30)24(17)29)10-15-6-9-21-19(11-15)23(26(31)27-13-14-4-5-14)22(32-21)12-20(28)16-7-8-16/h14-16H,2-13H2,1H3,(H,27,31). The summed E-state index contributed by atoms with van der Waals surface area (Å²) in [5.74, 6) is 1.29. The van der Waals surface area contributed by atoms with Crippen LogP contribution in [0, 0.1) is 17.8 Å². The Morgan fingerprint density at radius 2 is 1.75 bits per heavy atom. The molecule has 0 spiro atoms. The van der Waals surface area contributed by atoms with Crippen LogP contribution in [-0.2, 0) is 36.9 Å². The number of fused-ring (bicyclic) bond motifs is 1. The van der Waals surface area contributed by atoms with E-state index in [9.17, 15) is 19.2 Å². The zero-order valence-corrected chi connectivity index (χ0v) is 19.6. The minimum Gasteiger partial charge on any atom is -0.352 e. The van der Waals surface area contributed by atoms with E-state index in [2.05, 4.69) is 5.32 Å². The van der Waals surface area contributed by atoms with Crippen LogP contribution in [0.4, 0.5) is 0 Å². The summed E-state index contributed by atoms with van der Waals surface area (Å²) in [6.45, 7) is 2.74. The second kappa shape index (κ2) is 8.69. The molecule has 1 amide bonds. The van der Waals surface area contributed by atoms with Crippen molar-refractivity contribution in [2.45, 2.75) is 77.6 Å². The number of nitrogens with one attached hydrogen (secondary N) is 1. The van der Waals surface area contributed by atoms with E-state index in [0.29, 0.717) is 31.7 Å². The summed E-state index contributed by atoms with van der Waals surface area (Å²) in [5.41, 5.74) is 2.69. The molecule has 170 valence electrons. The van der Waals surface area contributed by atoms with Crippen molar-refractivity contribution in [3.05, 3.63) is 52.5 Å². The molecule has 32 heavy (non-hydrogen) atoms. The minimum atomic E-state index is -0.303. The number of ketones is 1. The SMILES string of the molecule is CCCc1c(CC2CCc3sc(CC(=O)C4CC4)c(C(=O)NCC4CC4)c3C2)c(=O)c1=O. The van der Waals surface area contributed by atoms with Crippen molar-refractivity contribution >= 4 is 23.0 Å². The van der Waals surface area contributed by atoms with Crippen LogP contribution in [-0.4, -0.2) is 18.2 Å². The highest BCUT2D eigenvalue weighted by Crippen LogP contribution is 2.40. The van der Waals surface area contributed by atoms with Crippen LogP contribution in [0.3, 0.4) is 0 Å². The third-order valence-corrected chi connectivity index (χ3v) is 8.68. The lowest BCUT2D eigenvalue weighted by atomic mass is 9.80. The van der Waals surface area contributed by atoms with Gasteiger partial charge in [-0.25, -0.2) is 0 Å². The number of amides is 1. The number of carbonyl (C=O) groups excluding carboxylic acids is 2. The highest BCUT2D eigenvalue weighted by molar-refractivity contribution is 7.12. The van der Waals surface area contributed by atoms with Gasteiger partial charge >= 0.3 is 0 Å². The Balaban J connectivity index is 1.38. The van der Waals surface area contributed by atoms with Crippen LogP contribution in [0.5, 0.6) is 0 Å². The maximum absolute atomic E-state index is 13.2. The number of aryl methyl sites for hydroxylation is 1. The number of carbonyl (C=O) groups is 2. The molecule has 3 aliphatic carbocycles. The molecule has 0 bridgehead atoms. The Bertz CT molecular complexity index is 1130. The summed E-state index contributed by atoms with van der Waals surface area (Å²) in [5, 5.41) is 3.12. The molecule has 2 saturated carbocycles. The molecule has 1 heterocycles. The lowest BCUT2D eigenvalue weighted by Gasteiger charge is -2.24. The van der Waals surface area contributed by atoms with Crippen LogP contribution in [0.1, 0.15) is 82.3 Å². The number of hydrogen-bond acceptors (Lipinski definition) is 5. The maximum atomic E-state index is 13.2. The van der Waals surface area contributed by atoms with E-state index in [0.717, 1.165) is 65.7 Å². The summed E-state index contributed by atoms with van der Waals surface area (Å²) < 4.78 is 0. The average molecular weight is 454 g/mol. The van der Waals surface area contributed by atoms with E-state index in [-0.39, 0.29) is 34.4 Å². The fraction of sp³-hybridized carbons (Fsp3) is 0.615. The molecule has 5 nitrogen and oxygen atoms in total. The van der Waals surface area contributed by atoms with Gasteiger partial charge in [0, 0.05) is 39.8 Å². The third kappa shape index (κ3) is 4.26. The number of thiophene rings is 1. The highest BCUT2D eigenvalue weighted by Gasteiger charge is 2.35. The third-order valence-electron chi connectivity index (χ3n) is 7.39. The van der Waals surface area contributed by atoms with Crippen molar-refractivity contribution in [2.75, 3.05) is 6.54 Å². The van der Waals surface area contributed by atoms with Gasteiger partial charge in [0.05, 0.1) is 5.56 Å². The maximum Gasteiger partial charge on any atom is 0.252 e. The normalized spacial score (nSPS) is 20.3. The second-order valence-corrected chi connectivity index (χ2v) is 11.2. The summed E-state index contributed by atoms with van der Waals surface area (Å²) in [6, 6.07) is 0. The molecule has 1 aromatic carbocycles. The van der Waals surface area contributed by atoms with E-state index in [4.69, 9.17) is 0 Å². The molecular formula is C26H31NO4S. The van der Waals surface area contributed by atoms with Crippen LogP contribution >= 0.6 is 11.3 Å². The molecule has 2 fully saturated rings. The first-order valence-corrected chi connectivity index (χ1v) is 13.0. The molecule has 1 atom stereocenters. The lowest BCUT2D eigenvalue weighted by molar-refractivity contribution is -0.119. The molecule has 2 aromatic rings. The fourth-order valence-corrected chi connectivity index (χ4v) is 6.49. The molecular weight excluding hydrogens is 422 g/mol. The van der Waals surface area contributed by atoms with Crippen molar-refractivity contribution in [1.29, 1.82) is 0 Å². The van der Waals surface area contributed by atoms with E-state index in [1.54, 1.807) is 11.3 Å². The Morgan fingerprint density at radius 1 is 1.00 bits per heavy atom. The van der Waals surface area contributed by atoms with Gasteiger partial charge in [-0.05, 0) is 75.2 Å². The largest absolute Gasteiger partial charge is 0.352 e. The average Bonchev–Trinajstić information content (AvgIpc) is 3.70. The van der Waals surface area contributed by atoms with Crippen molar-refractivity contribution in [1.82, 2.24) is 5.32 Å². The highest BCUT2D eigenvalue weighted by atomic mass is 32.1. The van der Waals surface area contributed by atoms with Crippen molar-refractivity contribution < 1.29 is 9.59 Å². The molecule has 3 aliphatic rings. The molecule has 5 rings (SSSR count). The van der Waals surface area contributed by atoms with Crippen LogP contribution < -0.4 is 16.2 Å². The number of hydrogen-bond donors (Lipinski definition) is 1. The summed E-state index contributed by atoms with van der Waals surface area (Å²) in [4.78, 5) is 52.1. The first kappa shape index (κ1) is 21.7. The van der Waals surface area contributed by atoms with Crippen molar-refractivity contribution in [3.63, 3.8) is 0 Å². The first-order valence-electron chi connectivity index (χ1n) is 12.2. The minimum absolute atomic E-state index is 0.0329. The van der Waals surface area contributed by atoms with E-state index < -0.39 is 0 Å². The van der Waals surface area contributed by atoms with Gasteiger partial charge in [0.1, 0.15) is 5.78 Å². The Morgan fingerprint density at radius 3 is 2.44 bits per heavy atom. The van der Waals surface area contributed by atoms with Gasteiger partial charge < -0.3 is 5.32 Å². The van der Waals surface area contributed by atoms with E-state index >= 15 is 0 Å². The van der Waals surface area contributed by atoms with Gasteiger partial charge in [-0.2, -0.15) is 0 Å². The molecule has 1 aromatic heterocycles. The topological polar surface area (TPSA) is 80.3 Å². The summed E-state index contributed by atoms with van der Waals surface area (Å²) in [7, 11) is 0. The summed E-state index contributed by atoms with van der Waals surface area (Å²) >= 11 is 1.65. The van der Waals surface area contributed by atoms with E-state index in [1.807, 2.05) is 6.92 Å².